The molecule has 0 saturated heterocycles. The van der Waals surface area contributed by atoms with Gasteiger partial charge in [-0.1, -0.05) is 41.2 Å². The molecule has 9 nitrogen and oxygen atoms in total. The number of rotatable bonds is 14. The normalized spacial score (nSPS) is 11.2. The molecule has 0 bridgehead atoms. The molecule has 0 heterocycles. The SMILES string of the molecule is N=C(N)NCCCCCCNC(=O)C(Cc1cc(Cl)c(OCCCN)c(Cl)c1)=NO. The summed E-state index contributed by atoms with van der Waals surface area (Å²) < 4.78 is 5.53. The molecule has 1 amide bonds. The molecular weight excluding hydrogens is 431 g/mol. The zero-order valence-corrected chi connectivity index (χ0v) is 18.4. The zero-order chi connectivity index (χ0) is 22.4. The minimum Gasteiger partial charge on any atom is -0.490 e. The van der Waals surface area contributed by atoms with Crippen LogP contribution in [0.4, 0.5) is 0 Å². The van der Waals surface area contributed by atoms with E-state index in [0.717, 1.165) is 25.7 Å². The standard InChI is InChI=1S/C19H30Cl2N6O3/c20-14-10-13(11-15(21)17(14)30-9-5-6-22)12-16(27-29)18(28)25-7-3-1-2-4-8-26-19(23)24/h10-11,29H,1-9,12,22H2,(H,25,28)(H4,23,24,26). The number of nitrogens with one attached hydrogen (secondary N) is 3. The summed E-state index contributed by atoms with van der Waals surface area (Å²) >= 11 is 12.4. The molecule has 168 valence electrons. The molecule has 8 N–H and O–H groups in total. The van der Waals surface area contributed by atoms with Crippen molar-refractivity contribution in [3.05, 3.63) is 27.7 Å². The monoisotopic (exact) mass is 460 g/mol. The van der Waals surface area contributed by atoms with Crippen LogP contribution in [0, 0.1) is 5.41 Å². The first-order valence-corrected chi connectivity index (χ1v) is 10.5. The lowest BCUT2D eigenvalue weighted by Gasteiger charge is -2.12. The number of hydrogen-bond donors (Lipinski definition) is 6. The maximum atomic E-state index is 12.2. The van der Waals surface area contributed by atoms with E-state index in [1.54, 1.807) is 12.1 Å². The van der Waals surface area contributed by atoms with Gasteiger partial charge in [0.2, 0.25) is 0 Å². The molecule has 0 spiro atoms. The number of hydrogen-bond acceptors (Lipinski definition) is 6. The van der Waals surface area contributed by atoms with Gasteiger partial charge in [0.05, 0.1) is 16.7 Å². The lowest BCUT2D eigenvalue weighted by atomic mass is 10.1. The number of amides is 1. The van der Waals surface area contributed by atoms with Gasteiger partial charge in [0.15, 0.2) is 11.7 Å². The van der Waals surface area contributed by atoms with Crippen LogP contribution >= 0.6 is 23.2 Å². The van der Waals surface area contributed by atoms with E-state index < -0.39 is 5.91 Å². The molecule has 11 heteroatoms. The van der Waals surface area contributed by atoms with E-state index in [1.807, 2.05) is 0 Å². The molecule has 1 rings (SSSR count). The summed E-state index contributed by atoms with van der Waals surface area (Å²) in [6, 6.07) is 3.25. The Kier molecular flexibility index (Phi) is 12.6. The molecule has 0 aliphatic rings. The van der Waals surface area contributed by atoms with Crippen molar-refractivity contribution >= 4 is 40.8 Å². The van der Waals surface area contributed by atoms with Crippen LogP contribution in [0.5, 0.6) is 5.75 Å². The molecule has 1 aromatic rings. The van der Waals surface area contributed by atoms with Crippen LogP contribution < -0.4 is 26.8 Å². The summed E-state index contributed by atoms with van der Waals surface area (Å²) in [5.41, 5.74) is 11.2. The fourth-order valence-corrected chi connectivity index (χ4v) is 3.24. The Hall–Kier alpha value is -2.23. The molecule has 0 aromatic heterocycles. The highest BCUT2D eigenvalue weighted by Crippen LogP contribution is 2.34. The van der Waals surface area contributed by atoms with E-state index in [2.05, 4.69) is 15.8 Å². The first-order valence-electron chi connectivity index (χ1n) is 9.76. The highest BCUT2D eigenvalue weighted by atomic mass is 35.5. The Morgan fingerprint density at radius 3 is 2.23 bits per heavy atom. The molecule has 0 saturated carbocycles. The summed E-state index contributed by atoms with van der Waals surface area (Å²) in [4.78, 5) is 12.2. The van der Waals surface area contributed by atoms with Gasteiger partial charge >= 0.3 is 0 Å². The minimum atomic E-state index is -0.453. The molecule has 0 unspecified atom stereocenters. The van der Waals surface area contributed by atoms with Crippen molar-refractivity contribution in [1.29, 1.82) is 5.41 Å². The summed E-state index contributed by atoms with van der Waals surface area (Å²) in [5.74, 6) is -0.123. The molecule has 0 aliphatic heterocycles. The number of nitrogens with two attached hydrogens (primary N) is 2. The fraction of sp³-hybridized carbons (Fsp3) is 0.526. The van der Waals surface area contributed by atoms with Crippen molar-refractivity contribution in [1.82, 2.24) is 10.6 Å². The van der Waals surface area contributed by atoms with Crippen LogP contribution in [-0.2, 0) is 11.2 Å². The third-order valence-corrected chi connectivity index (χ3v) is 4.67. The molecular formula is C19H30Cl2N6O3. The summed E-state index contributed by atoms with van der Waals surface area (Å²) in [5, 5.41) is 25.5. The number of ether oxygens (including phenoxy) is 1. The second-order valence-corrected chi connectivity index (χ2v) is 7.43. The van der Waals surface area contributed by atoms with Crippen molar-refractivity contribution in [2.75, 3.05) is 26.2 Å². The molecule has 0 fully saturated rings. The lowest BCUT2D eigenvalue weighted by molar-refractivity contribution is -0.115. The molecule has 0 radical (unpaired) electrons. The predicted molar refractivity (Wildman–Crippen MR) is 120 cm³/mol. The average Bonchev–Trinajstić information content (AvgIpc) is 2.69. The number of halogens is 2. The van der Waals surface area contributed by atoms with Crippen LogP contribution in [0.2, 0.25) is 10.0 Å². The van der Waals surface area contributed by atoms with Gasteiger partial charge < -0.3 is 32.0 Å². The molecule has 30 heavy (non-hydrogen) atoms. The summed E-state index contributed by atoms with van der Waals surface area (Å²) in [7, 11) is 0. The van der Waals surface area contributed by atoms with E-state index in [9.17, 15) is 10.0 Å². The first-order chi connectivity index (χ1) is 14.4. The Labute approximate surface area is 186 Å². The zero-order valence-electron chi connectivity index (χ0n) is 16.8. The number of carbonyl (C=O) groups is 1. The van der Waals surface area contributed by atoms with Gasteiger partial charge in [0.1, 0.15) is 5.71 Å². The summed E-state index contributed by atoms with van der Waals surface area (Å²) in [6.45, 7) is 2.02. The van der Waals surface area contributed by atoms with E-state index in [4.69, 9.17) is 44.8 Å². The van der Waals surface area contributed by atoms with Gasteiger partial charge in [-0.25, -0.2) is 0 Å². The van der Waals surface area contributed by atoms with Crippen LogP contribution in [0.3, 0.4) is 0 Å². The number of guanidine groups is 1. The largest absolute Gasteiger partial charge is 0.490 e. The van der Waals surface area contributed by atoms with Crippen LogP contribution in [0.25, 0.3) is 0 Å². The first kappa shape index (κ1) is 25.8. The highest BCUT2D eigenvalue weighted by molar-refractivity contribution is 6.40. The Morgan fingerprint density at radius 2 is 1.70 bits per heavy atom. The maximum absolute atomic E-state index is 12.2. The smallest absolute Gasteiger partial charge is 0.269 e. The number of nitrogens with zero attached hydrogens (tertiary/aromatic N) is 1. The van der Waals surface area contributed by atoms with Crippen molar-refractivity contribution in [2.45, 2.75) is 38.5 Å². The van der Waals surface area contributed by atoms with E-state index in [0.29, 0.717) is 54.0 Å². The number of unbranched alkanes of at least 4 members (excludes halogenated alkanes) is 3. The molecule has 0 aliphatic carbocycles. The fourth-order valence-electron chi connectivity index (χ4n) is 2.59. The lowest BCUT2D eigenvalue weighted by Crippen LogP contribution is -2.33. The highest BCUT2D eigenvalue weighted by Gasteiger charge is 2.16. The number of oxime groups is 1. The van der Waals surface area contributed by atoms with Gasteiger partial charge in [-0.2, -0.15) is 0 Å². The van der Waals surface area contributed by atoms with Crippen molar-refractivity contribution in [3.63, 3.8) is 0 Å². The molecule has 0 atom stereocenters. The van der Waals surface area contributed by atoms with Gasteiger partial charge in [-0.3, -0.25) is 10.2 Å². The quantitative estimate of drug-likeness (QED) is 0.0820. The summed E-state index contributed by atoms with van der Waals surface area (Å²) in [6.07, 6.45) is 4.30. The third-order valence-electron chi connectivity index (χ3n) is 4.11. The van der Waals surface area contributed by atoms with E-state index in [1.165, 1.54) is 0 Å². The van der Waals surface area contributed by atoms with E-state index in [-0.39, 0.29) is 18.1 Å². The minimum absolute atomic E-state index is 0.0329. The number of benzene rings is 1. The Morgan fingerprint density at radius 1 is 1.10 bits per heavy atom. The van der Waals surface area contributed by atoms with Gasteiger partial charge in [-0.15, -0.1) is 0 Å². The van der Waals surface area contributed by atoms with Crippen molar-refractivity contribution < 1.29 is 14.7 Å². The van der Waals surface area contributed by atoms with Crippen LogP contribution in [0.15, 0.2) is 17.3 Å². The third kappa shape index (κ3) is 10.00. The van der Waals surface area contributed by atoms with Crippen LogP contribution in [0.1, 0.15) is 37.7 Å². The van der Waals surface area contributed by atoms with Gasteiger partial charge in [0, 0.05) is 19.5 Å². The van der Waals surface area contributed by atoms with Gasteiger partial charge in [0.25, 0.3) is 5.91 Å². The Balaban J connectivity index is 2.45. The van der Waals surface area contributed by atoms with Crippen molar-refractivity contribution in [3.8, 4) is 5.75 Å². The average molecular weight is 461 g/mol. The number of carbonyl (C=O) groups excluding carboxylic acids is 1. The second kappa shape index (κ2) is 14.7. The van der Waals surface area contributed by atoms with E-state index >= 15 is 0 Å². The second-order valence-electron chi connectivity index (χ2n) is 6.61. The van der Waals surface area contributed by atoms with Crippen LogP contribution in [-0.4, -0.2) is 49.0 Å². The van der Waals surface area contributed by atoms with Gasteiger partial charge in [-0.05, 0) is 43.5 Å². The Bertz CT molecular complexity index is 707. The predicted octanol–water partition coefficient (Wildman–Crippen LogP) is 2.25. The molecule has 1 aromatic carbocycles. The van der Waals surface area contributed by atoms with Crippen molar-refractivity contribution in [2.24, 2.45) is 16.6 Å². The topological polar surface area (TPSA) is 159 Å². The maximum Gasteiger partial charge on any atom is 0.269 e.